The van der Waals surface area contributed by atoms with Crippen molar-refractivity contribution < 1.29 is 9.59 Å². The summed E-state index contributed by atoms with van der Waals surface area (Å²) in [6.07, 6.45) is 2.28. The molecule has 0 spiro atoms. The number of rotatable bonds is 2. The number of hydrogen-bond donors (Lipinski definition) is 0. The zero-order valence-corrected chi connectivity index (χ0v) is 12.2. The van der Waals surface area contributed by atoms with Gasteiger partial charge in [-0.1, -0.05) is 11.6 Å². The fourth-order valence-corrected chi connectivity index (χ4v) is 2.63. The van der Waals surface area contributed by atoms with E-state index in [-0.39, 0.29) is 11.6 Å². The summed E-state index contributed by atoms with van der Waals surface area (Å²) >= 11 is 5.87. The molecule has 1 saturated carbocycles. The van der Waals surface area contributed by atoms with Gasteiger partial charge in [0.05, 0.1) is 5.69 Å². The predicted molar refractivity (Wildman–Crippen MR) is 79.2 cm³/mol. The van der Waals surface area contributed by atoms with E-state index in [1.807, 2.05) is 19.1 Å². The Morgan fingerprint density at radius 2 is 1.71 bits per heavy atom. The molecular weight excluding hydrogens is 288 g/mol. The fraction of sp³-hybridized carbons (Fsp3) is 0.250. The molecule has 0 N–H and O–H groups in total. The molecule has 0 atom stereocenters. The summed E-state index contributed by atoms with van der Waals surface area (Å²) in [5.74, 6) is -0.327. The van der Waals surface area contributed by atoms with E-state index >= 15 is 0 Å². The predicted octanol–water partition coefficient (Wildman–Crippen LogP) is 3.12. The molecule has 1 aliphatic carbocycles. The lowest BCUT2D eigenvalue weighted by atomic mass is 9.98. The summed E-state index contributed by atoms with van der Waals surface area (Å²) in [6.45, 7) is 1.82. The standard InChI is InChI=1S/C16H13ClN2O2/c1-9-8-18-16(10-2-4-11(17)5-3-10)19-15(9)14-12(20)6-7-13(14)21/h2-5,8,14H,6-7H2,1H3. The number of ketones is 2. The summed E-state index contributed by atoms with van der Waals surface area (Å²) < 4.78 is 0. The van der Waals surface area contributed by atoms with Crippen LogP contribution in [0.2, 0.25) is 5.02 Å². The number of aromatic nitrogens is 2. The van der Waals surface area contributed by atoms with Crippen LogP contribution in [0.4, 0.5) is 0 Å². The van der Waals surface area contributed by atoms with Crippen molar-refractivity contribution in [1.29, 1.82) is 0 Å². The Balaban J connectivity index is 2.06. The number of halogens is 1. The van der Waals surface area contributed by atoms with Crippen LogP contribution in [0.1, 0.15) is 30.0 Å². The normalized spacial score (nSPS) is 15.7. The second kappa shape index (κ2) is 5.37. The molecule has 0 bridgehead atoms. The maximum absolute atomic E-state index is 11.9. The van der Waals surface area contributed by atoms with Gasteiger partial charge in [-0.2, -0.15) is 0 Å². The Morgan fingerprint density at radius 3 is 2.33 bits per heavy atom. The fourth-order valence-electron chi connectivity index (χ4n) is 2.51. The highest BCUT2D eigenvalue weighted by atomic mass is 35.5. The molecule has 0 unspecified atom stereocenters. The molecule has 1 aromatic heterocycles. The highest BCUT2D eigenvalue weighted by Gasteiger charge is 2.36. The quantitative estimate of drug-likeness (QED) is 0.800. The van der Waals surface area contributed by atoms with E-state index in [0.717, 1.165) is 11.1 Å². The van der Waals surface area contributed by atoms with Gasteiger partial charge in [-0.25, -0.2) is 9.97 Å². The Kier molecular flexibility index (Phi) is 3.55. The first-order valence-electron chi connectivity index (χ1n) is 6.71. The van der Waals surface area contributed by atoms with Gasteiger partial charge in [0.15, 0.2) is 5.82 Å². The van der Waals surface area contributed by atoms with Crippen LogP contribution in [0.25, 0.3) is 11.4 Å². The minimum absolute atomic E-state index is 0.0520. The summed E-state index contributed by atoms with van der Waals surface area (Å²) in [5, 5.41) is 0.632. The van der Waals surface area contributed by atoms with Gasteiger partial charge in [0.1, 0.15) is 17.5 Å². The smallest absolute Gasteiger partial charge is 0.159 e. The molecular formula is C16H13ClN2O2. The molecule has 106 valence electrons. The number of benzene rings is 1. The van der Waals surface area contributed by atoms with Crippen molar-refractivity contribution in [1.82, 2.24) is 9.97 Å². The van der Waals surface area contributed by atoms with Crippen LogP contribution in [0.15, 0.2) is 30.5 Å². The van der Waals surface area contributed by atoms with E-state index in [1.165, 1.54) is 0 Å². The second-order valence-corrected chi connectivity index (χ2v) is 5.57. The van der Waals surface area contributed by atoms with Crippen LogP contribution in [-0.2, 0) is 9.59 Å². The zero-order chi connectivity index (χ0) is 15.0. The van der Waals surface area contributed by atoms with Gasteiger partial charge < -0.3 is 0 Å². The van der Waals surface area contributed by atoms with Crippen molar-refractivity contribution in [2.45, 2.75) is 25.7 Å². The molecule has 0 amide bonds. The Bertz CT molecular complexity index is 710. The van der Waals surface area contributed by atoms with Crippen LogP contribution in [0, 0.1) is 6.92 Å². The average molecular weight is 301 g/mol. The molecule has 1 aliphatic rings. The van der Waals surface area contributed by atoms with Crippen LogP contribution in [0.3, 0.4) is 0 Å². The van der Waals surface area contributed by atoms with Gasteiger partial charge in [0.2, 0.25) is 0 Å². The summed E-state index contributed by atoms with van der Waals surface area (Å²) in [7, 11) is 0. The highest BCUT2D eigenvalue weighted by molar-refractivity contribution is 6.30. The number of nitrogens with zero attached hydrogens (tertiary/aromatic N) is 2. The van der Waals surface area contributed by atoms with E-state index in [0.29, 0.717) is 29.4 Å². The Labute approximate surface area is 127 Å². The topological polar surface area (TPSA) is 59.9 Å². The molecule has 0 aliphatic heterocycles. The molecule has 1 aromatic carbocycles. The monoisotopic (exact) mass is 300 g/mol. The molecule has 5 heteroatoms. The third-order valence-corrected chi connectivity index (χ3v) is 3.90. The number of carbonyl (C=O) groups excluding carboxylic acids is 2. The molecule has 1 heterocycles. The minimum Gasteiger partial charge on any atom is -0.298 e. The molecule has 1 fully saturated rings. The molecule has 4 nitrogen and oxygen atoms in total. The van der Waals surface area contributed by atoms with Crippen LogP contribution in [-0.4, -0.2) is 21.5 Å². The van der Waals surface area contributed by atoms with Crippen molar-refractivity contribution in [2.75, 3.05) is 0 Å². The van der Waals surface area contributed by atoms with E-state index in [1.54, 1.807) is 18.3 Å². The summed E-state index contributed by atoms with van der Waals surface area (Å²) in [4.78, 5) is 32.6. The van der Waals surface area contributed by atoms with Gasteiger partial charge in [0.25, 0.3) is 0 Å². The number of hydrogen-bond acceptors (Lipinski definition) is 4. The van der Waals surface area contributed by atoms with Gasteiger partial charge in [0, 0.05) is 29.6 Å². The second-order valence-electron chi connectivity index (χ2n) is 5.13. The van der Waals surface area contributed by atoms with Crippen LogP contribution in [0.5, 0.6) is 0 Å². The zero-order valence-electron chi connectivity index (χ0n) is 11.5. The maximum atomic E-state index is 11.9. The van der Waals surface area contributed by atoms with Gasteiger partial charge in [-0.3, -0.25) is 9.59 Å². The first-order valence-corrected chi connectivity index (χ1v) is 7.09. The molecule has 3 rings (SSSR count). The molecule has 0 radical (unpaired) electrons. The van der Waals surface area contributed by atoms with Gasteiger partial charge in [-0.05, 0) is 36.8 Å². The van der Waals surface area contributed by atoms with Crippen molar-refractivity contribution in [2.24, 2.45) is 0 Å². The van der Waals surface area contributed by atoms with E-state index in [2.05, 4.69) is 9.97 Å². The maximum Gasteiger partial charge on any atom is 0.159 e. The number of Topliss-reactive ketones (excluding diaryl/α,β-unsaturated/α-hetero) is 2. The third-order valence-electron chi connectivity index (χ3n) is 3.65. The molecule has 0 saturated heterocycles. The van der Waals surface area contributed by atoms with E-state index in [4.69, 9.17) is 11.6 Å². The highest BCUT2D eigenvalue weighted by Crippen LogP contribution is 2.30. The van der Waals surface area contributed by atoms with Crippen molar-refractivity contribution in [3.05, 3.63) is 46.7 Å². The SMILES string of the molecule is Cc1cnc(-c2ccc(Cl)cc2)nc1C1C(=O)CCC1=O. The van der Waals surface area contributed by atoms with Gasteiger partial charge in [-0.15, -0.1) is 0 Å². The van der Waals surface area contributed by atoms with Crippen molar-refractivity contribution >= 4 is 23.2 Å². The first kappa shape index (κ1) is 13.9. The summed E-state index contributed by atoms with van der Waals surface area (Å²) in [6, 6.07) is 7.14. The van der Waals surface area contributed by atoms with Crippen molar-refractivity contribution in [3.63, 3.8) is 0 Å². The molecule has 2 aromatic rings. The average Bonchev–Trinajstić information content (AvgIpc) is 2.80. The van der Waals surface area contributed by atoms with Crippen molar-refractivity contribution in [3.8, 4) is 11.4 Å². The minimum atomic E-state index is -0.723. The lowest BCUT2D eigenvalue weighted by Crippen LogP contribution is -2.16. The van der Waals surface area contributed by atoms with E-state index in [9.17, 15) is 9.59 Å². The Morgan fingerprint density at radius 1 is 1.10 bits per heavy atom. The summed E-state index contributed by atoms with van der Waals surface area (Å²) in [5.41, 5.74) is 2.10. The lowest BCUT2D eigenvalue weighted by molar-refractivity contribution is -0.123. The number of aryl methyl sites for hydroxylation is 1. The number of carbonyl (C=O) groups is 2. The third kappa shape index (κ3) is 2.59. The van der Waals surface area contributed by atoms with Crippen LogP contribution >= 0.6 is 11.6 Å². The Hall–Kier alpha value is -2.07. The molecule has 21 heavy (non-hydrogen) atoms. The van der Waals surface area contributed by atoms with Gasteiger partial charge >= 0.3 is 0 Å². The van der Waals surface area contributed by atoms with Crippen LogP contribution < -0.4 is 0 Å². The lowest BCUT2D eigenvalue weighted by Gasteiger charge is -2.11. The largest absolute Gasteiger partial charge is 0.298 e. The van der Waals surface area contributed by atoms with E-state index < -0.39 is 5.92 Å². The first-order chi connectivity index (χ1) is 10.1.